The average molecular weight is 270 g/mol. The number of amides is 1. The maximum Gasteiger partial charge on any atom is 0.248 e. The number of hydrogen-bond donors (Lipinski definition) is 2. The van der Waals surface area contributed by atoms with Gasteiger partial charge in [-0.15, -0.1) is 0 Å². The van der Waals surface area contributed by atoms with E-state index in [1.807, 2.05) is 32.1 Å². The van der Waals surface area contributed by atoms with Crippen LogP contribution in [0.1, 0.15) is 18.2 Å². The third-order valence-electron chi connectivity index (χ3n) is 2.38. The van der Waals surface area contributed by atoms with Crippen LogP contribution < -0.4 is 11.2 Å². The predicted octanol–water partition coefficient (Wildman–Crippen LogP) is 1.82. The summed E-state index contributed by atoms with van der Waals surface area (Å²) in [6, 6.07) is 3.73. The molecule has 5 heteroatoms. The average Bonchev–Trinajstić information content (AvgIpc) is 2.42. The number of hydrazone groups is 1. The first-order valence-corrected chi connectivity index (χ1v) is 6.08. The lowest BCUT2D eigenvalue weighted by molar-refractivity contribution is -0.114. The minimum atomic E-state index is -0.562. The fourth-order valence-electron chi connectivity index (χ4n) is 1.35. The van der Waals surface area contributed by atoms with E-state index in [1.54, 1.807) is 18.5 Å². The van der Waals surface area contributed by atoms with Crippen molar-refractivity contribution in [2.24, 2.45) is 10.8 Å². The van der Waals surface area contributed by atoms with Crippen LogP contribution in [0.5, 0.6) is 0 Å². The van der Waals surface area contributed by atoms with Crippen molar-refractivity contribution >= 4 is 11.6 Å². The number of pyridine rings is 1. The molecular weight excluding hydrogens is 252 g/mol. The molecular formula is C15H18N4O. The predicted molar refractivity (Wildman–Crippen MR) is 80.9 cm³/mol. The first kappa shape index (κ1) is 15.4. The van der Waals surface area contributed by atoms with Crippen molar-refractivity contribution in [3.63, 3.8) is 0 Å². The van der Waals surface area contributed by atoms with Crippen LogP contribution in [0.2, 0.25) is 0 Å². The SMILES string of the molecule is C=C(/C=C/C(=N\N/C=C/C)c1ccnc(C)c1)C(N)=O. The van der Waals surface area contributed by atoms with Crippen molar-refractivity contribution in [2.45, 2.75) is 13.8 Å². The van der Waals surface area contributed by atoms with Crippen LogP contribution in [0, 0.1) is 6.92 Å². The molecule has 0 aliphatic carbocycles. The van der Waals surface area contributed by atoms with Crippen LogP contribution in [-0.2, 0) is 4.79 Å². The number of aromatic nitrogens is 1. The van der Waals surface area contributed by atoms with Gasteiger partial charge in [0.25, 0.3) is 0 Å². The fourth-order valence-corrected chi connectivity index (χ4v) is 1.35. The van der Waals surface area contributed by atoms with E-state index in [1.165, 1.54) is 6.08 Å². The number of rotatable bonds is 6. The minimum absolute atomic E-state index is 0.217. The van der Waals surface area contributed by atoms with E-state index in [2.05, 4.69) is 22.1 Å². The van der Waals surface area contributed by atoms with Crippen LogP contribution in [0.4, 0.5) is 0 Å². The molecule has 5 nitrogen and oxygen atoms in total. The van der Waals surface area contributed by atoms with Gasteiger partial charge in [0.2, 0.25) is 5.91 Å². The van der Waals surface area contributed by atoms with Gasteiger partial charge >= 0.3 is 0 Å². The van der Waals surface area contributed by atoms with Gasteiger partial charge in [-0.1, -0.05) is 12.7 Å². The summed E-state index contributed by atoms with van der Waals surface area (Å²) in [6.07, 6.45) is 8.44. The van der Waals surface area contributed by atoms with Gasteiger partial charge in [0.15, 0.2) is 0 Å². The lowest BCUT2D eigenvalue weighted by atomic mass is 10.1. The Morgan fingerprint density at radius 1 is 1.50 bits per heavy atom. The molecule has 1 heterocycles. The normalized spacial score (nSPS) is 12.0. The Labute approximate surface area is 118 Å². The summed E-state index contributed by atoms with van der Waals surface area (Å²) in [5.41, 5.74) is 10.6. The monoisotopic (exact) mass is 270 g/mol. The van der Waals surface area contributed by atoms with Gasteiger partial charge in [0.1, 0.15) is 0 Å². The molecule has 1 rings (SSSR count). The highest BCUT2D eigenvalue weighted by Gasteiger charge is 2.02. The van der Waals surface area contributed by atoms with Gasteiger partial charge in [0, 0.05) is 29.2 Å². The number of aryl methyl sites for hydroxylation is 1. The molecule has 0 saturated carbocycles. The zero-order chi connectivity index (χ0) is 15.0. The van der Waals surface area contributed by atoms with Crippen molar-refractivity contribution in [2.75, 3.05) is 0 Å². The van der Waals surface area contributed by atoms with Crippen LogP contribution in [0.25, 0.3) is 0 Å². The molecule has 0 radical (unpaired) electrons. The molecule has 0 aliphatic rings. The molecule has 0 atom stereocenters. The molecule has 1 aromatic heterocycles. The summed E-state index contributed by atoms with van der Waals surface area (Å²) in [6.45, 7) is 7.34. The quantitative estimate of drug-likeness (QED) is 0.358. The second-order valence-corrected chi connectivity index (χ2v) is 4.03. The summed E-state index contributed by atoms with van der Waals surface area (Å²) >= 11 is 0. The van der Waals surface area contributed by atoms with E-state index >= 15 is 0 Å². The molecule has 1 amide bonds. The third kappa shape index (κ3) is 4.89. The van der Waals surface area contributed by atoms with Gasteiger partial charge in [0.05, 0.1) is 5.71 Å². The number of allylic oxidation sites excluding steroid dienone is 2. The summed E-state index contributed by atoms with van der Waals surface area (Å²) in [5.74, 6) is -0.562. The highest BCUT2D eigenvalue weighted by Crippen LogP contribution is 2.05. The molecule has 0 aromatic carbocycles. The first-order valence-electron chi connectivity index (χ1n) is 6.08. The van der Waals surface area contributed by atoms with E-state index in [0.717, 1.165) is 11.3 Å². The summed E-state index contributed by atoms with van der Waals surface area (Å²) in [4.78, 5) is 15.1. The van der Waals surface area contributed by atoms with Crippen molar-refractivity contribution in [1.29, 1.82) is 0 Å². The second kappa shape index (κ2) is 7.68. The smallest absolute Gasteiger partial charge is 0.248 e. The molecule has 0 aliphatic heterocycles. The lowest BCUT2D eigenvalue weighted by Crippen LogP contribution is -2.12. The number of nitrogens with zero attached hydrogens (tertiary/aromatic N) is 2. The lowest BCUT2D eigenvalue weighted by Gasteiger charge is -2.03. The van der Waals surface area contributed by atoms with Crippen LogP contribution in [-0.4, -0.2) is 16.6 Å². The molecule has 0 saturated heterocycles. The third-order valence-corrected chi connectivity index (χ3v) is 2.38. The number of carbonyl (C=O) groups excluding carboxylic acids is 1. The number of carbonyl (C=O) groups is 1. The van der Waals surface area contributed by atoms with Crippen molar-refractivity contribution in [3.05, 3.63) is 66.2 Å². The Hall–Kier alpha value is -2.69. The topological polar surface area (TPSA) is 80.4 Å². The molecule has 3 N–H and O–H groups in total. The maximum absolute atomic E-state index is 11.0. The minimum Gasteiger partial charge on any atom is -0.366 e. The zero-order valence-electron chi connectivity index (χ0n) is 11.6. The highest BCUT2D eigenvalue weighted by atomic mass is 16.1. The van der Waals surface area contributed by atoms with E-state index in [4.69, 9.17) is 5.73 Å². The summed E-state index contributed by atoms with van der Waals surface area (Å²) < 4.78 is 0. The molecule has 1 aromatic rings. The van der Waals surface area contributed by atoms with Gasteiger partial charge in [-0.05, 0) is 38.1 Å². The summed E-state index contributed by atoms with van der Waals surface area (Å²) in [5, 5.41) is 4.23. The number of nitrogens with two attached hydrogens (primary N) is 1. The number of hydrogen-bond acceptors (Lipinski definition) is 4. The standard InChI is InChI=1S/C15H18N4O/c1-4-8-18-19-14(6-5-11(2)15(16)20)13-7-9-17-12(3)10-13/h4-10,18H,2H2,1,3H3,(H2,16,20)/b6-5+,8-4+,19-14+. The zero-order valence-corrected chi connectivity index (χ0v) is 11.6. The molecule has 0 spiro atoms. The van der Waals surface area contributed by atoms with Crippen LogP contribution in [0.15, 0.2) is 60.0 Å². The number of nitrogens with one attached hydrogen (secondary N) is 1. The van der Waals surface area contributed by atoms with Crippen molar-refractivity contribution in [1.82, 2.24) is 10.4 Å². The molecule has 0 fully saturated rings. The molecule has 0 unspecified atom stereocenters. The Bertz CT molecular complexity index is 585. The van der Waals surface area contributed by atoms with Gasteiger partial charge in [-0.2, -0.15) is 5.10 Å². The van der Waals surface area contributed by atoms with Crippen molar-refractivity contribution < 1.29 is 4.79 Å². The van der Waals surface area contributed by atoms with Crippen LogP contribution >= 0.6 is 0 Å². The van der Waals surface area contributed by atoms with Crippen molar-refractivity contribution in [3.8, 4) is 0 Å². The molecule has 20 heavy (non-hydrogen) atoms. The van der Waals surface area contributed by atoms with E-state index in [0.29, 0.717) is 5.71 Å². The Morgan fingerprint density at radius 3 is 2.85 bits per heavy atom. The first-order chi connectivity index (χ1) is 9.54. The van der Waals surface area contributed by atoms with E-state index in [-0.39, 0.29) is 5.57 Å². The summed E-state index contributed by atoms with van der Waals surface area (Å²) in [7, 11) is 0. The van der Waals surface area contributed by atoms with E-state index < -0.39 is 5.91 Å². The fraction of sp³-hybridized carbons (Fsp3) is 0.133. The second-order valence-electron chi connectivity index (χ2n) is 4.03. The largest absolute Gasteiger partial charge is 0.366 e. The van der Waals surface area contributed by atoms with Gasteiger partial charge in [-0.25, -0.2) is 0 Å². The van der Waals surface area contributed by atoms with E-state index in [9.17, 15) is 4.79 Å². The maximum atomic E-state index is 11.0. The molecule has 104 valence electrons. The Kier molecular flexibility index (Phi) is 5.90. The van der Waals surface area contributed by atoms with Gasteiger partial charge in [-0.3, -0.25) is 15.2 Å². The Balaban J connectivity index is 3.06. The Morgan fingerprint density at radius 2 is 2.25 bits per heavy atom. The highest BCUT2D eigenvalue weighted by molar-refractivity contribution is 6.09. The van der Waals surface area contributed by atoms with Crippen LogP contribution in [0.3, 0.4) is 0 Å². The molecule has 0 bridgehead atoms. The van der Waals surface area contributed by atoms with Gasteiger partial charge < -0.3 is 5.73 Å². The number of primary amides is 1.